The molecule has 1 aromatic rings. The van der Waals surface area contributed by atoms with Crippen LogP contribution in [0.2, 0.25) is 0 Å². The lowest BCUT2D eigenvalue weighted by molar-refractivity contribution is 0.587. The molecular formula is C10H12N2. The molecule has 0 spiro atoms. The predicted octanol–water partition coefficient (Wildman–Crippen LogP) is 2.25. The molecule has 12 heavy (non-hydrogen) atoms. The normalized spacial score (nSPS) is 10.8. The SMILES string of the molecule is CC(C)(C)c1cncc(C#N)c1. The van der Waals surface area contributed by atoms with Crippen LogP contribution in [0.25, 0.3) is 0 Å². The lowest BCUT2D eigenvalue weighted by atomic mass is 9.88. The van der Waals surface area contributed by atoms with Crippen molar-refractivity contribution in [2.24, 2.45) is 0 Å². The van der Waals surface area contributed by atoms with Gasteiger partial charge in [0, 0.05) is 12.4 Å². The summed E-state index contributed by atoms with van der Waals surface area (Å²) in [5.74, 6) is 0. The first-order valence-electron chi connectivity index (χ1n) is 3.89. The van der Waals surface area contributed by atoms with E-state index in [1.54, 1.807) is 12.4 Å². The second-order valence-electron chi connectivity index (χ2n) is 3.82. The van der Waals surface area contributed by atoms with Gasteiger partial charge in [0.25, 0.3) is 0 Å². The molecule has 0 radical (unpaired) electrons. The monoisotopic (exact) mass is 160 g/mol. The van der Waals surface area contributed by atoms with Crippen molar-refractivity contribution in [2.45, 2.75) is 26.2 Å². The molecule has 0 aromatic carbocycles. The largest absolute Gasteiger partial charge is 0.263 e. The fraction of sp³-hybridized carbons (Fsp3) is 0.400. The molecule has 0 saturated carbocycles. The van der Waals surface area contributed by atoms with Gasteiger partial charge in [0.15, 0.2) is 0 Å². The van der Waals surface area contributed by atoms with E-state index in [1.807, 2.05) is 6.07 Å². The van der Waals surface area contributed by atoms with Crippen molar-refractivity contribution >= 4 is 0 Å². The third-order valence-corrected chi connectivity index (χ3v) is 1.73. The fourth-order valence-electron chi connectivity index (χ4n) is 0.911. The molecule has 62 valence electrons. The number of aromatic nitrogens is 1. The van der Waals surface area contributed by atoms with Crippen LogP contribution in [0.15, 0.2) is 18.5 Å². The number of hydrogen-bond donors (Lipinski definition) is 0. The number of nitrogens with zero attached hydrogens (tertiary/aromatic N) is 2. The zero-order valence-corrected chi connectivity index (χ0v) is 7.63. The summed E-state index contributed by atoms with van der Waals surface area (Å²) in [6, 6.07) is 3.96. The first-order chi connectivity index (χ1) is 5.54. The average Bonchev–Trinajstić information content (AvgIpc) is 2.03. The first-order valence-corrected chi connectivity index (χ1v) is 3.89. The fourth-order valence-corrected chi connectivity index (χ4v) is 0.911. The van der Waals surface area contributed by atoms with Crippen LogP contribution in [0.4, 0.5) is 0 Å². The van der Waals surface area contributed by atoms with Crippen LogP contribution in [0.5, 0.6) is 0 Å². The van der Waals surface area contributed by atoms with Crippen LogP contribution in [0, 0.1) is 11.3 Å². The van der Waals surface area contributed by atoms with Gasteiger partial charge >= 0.3 is 0 Å². The van der Waals surface area contributed by atoms with E-state index in [0.717, 1.165) is 5.56 Å². The third-order valence-electron chi connectivity index (χ3n) is 1.73. The molecule has 0 N–H and O–H groups in total. The summed E-state index contributed by atoms with van der Waals surface area (Å²) in [4.78, 5) is 4.00. The van der Waals surface area contributed by atoms with Crippen LogP contribution in [-0.4, -0.2) is 4.98 Å². The summed E-state index contributed by atoms with van der Waals surface area (Å²) in [6.45, 7) is 6.31. The maximum Gasteiger partial charge on any atom is 0.101 e. The van der Waals surface area contributed by atoms with Crippen LogP contribution >= 0.6 is 0 Å². The maximum atomic E-state index is 8.64. The Morgan fingerprint density at radius 2 is 2.00 bits per heavy atom. The van der Waals surface area contributed by atoms with Gasteiger partial charge in [-0.3, -0.25) is 4.98 Å². The van der Waals surface area contributed by atoms with E-state index in [0.29, 0.717) is 5.56 Å². The number of pyridine rings is 1. The highest BCUT2D eigenvalue weighted by Gasteiger charge is 2.13. The highest BCUT2D eigenvalue weighted by molar-refractivity contribution is 5.31. The maximum absolute atomic E-state index is 8.64. The van der Waals surface area contributed by atoms with E-state index in [4.69, 9.17) is 5.26 Å². The molecule has 2 heteroatoms. The van der Waals surface area contributed by atoms with Crippen molar-refractivity contribution in [2.75, 3.05) is 0 Å². The second kappa shape index (κ2) is 2.94. The van der Waals surface area contributed by atoms with Gasteiger partial charge in [0.2, 0.25) is 0 Å². The minimum absolute atomic E-state index is 0.0693. The van der Waals surface area contributed by atoms with Crippen molar-refractivity contribution in [1.29, 1.82) is 5.26 Å². The minimum Gasteiger partial charge on any atom is -0.263 e. The van der Waals surface area contributed by atoms with Crippen molar-refractivity contribution in [3.8, 4) is 6.07 Å². The zero-order valence-electron chi connectivity index (χ0n) is 7.63. The van der Waals surface area contributed by atoms with Gasteiger partial charge in [0.1, 0.15) is 6.07 Å². The highest BCUT2D eigenvalue weighted by Crippen LogP contribution is 2.21. The van der Waals surface area contributed by atoms with Gasteiger partial charge in [-0.1, -0.05) is 20.8 Å². The van der Waals surface area contributed by atoms with E-state index >= 15 is 0 Å². The van der Waals surface area contributed by atoms with Crippen LogP contribution in [-0.2, 0) is 5.41 Å². The van der Waals surface area contributed by atoms with Crippen LogP contribution in [0.1, 0.15) is 31.9 Å². The highest BCUT2D eigenvalue weighted by atomic mass is 14.6. The van der Waals surface area contributed by atoms with Crippen LogP contribution in [0.3, 0.4) is 0 Å². The van der Waals surface area contributed by atoms with E-state index in [9.17, 15) is 0 Å². The summed E-state index contributed by atoms with van der Waals surface area (Å²) in [5.41, 5.74) is 1.80. The van der Waals surface area contributed by atoms with Gasteiger partial charge in [-0.15, -0.1) is 0 Å². The summed E-state index contributed by atoms with van der Waals surface area (Å²) < 4.78 is 0. The Labute approximate surface area is 72.9 Å². The molecule has 1 aromatic heterocycles. The van der Waals surface area contributed by atoms with E-state index < -0.39 is 0 Å². The standard InChI is InChI=1S/C10H12N2/c1-10(2,3)9-4-8(5-11)6-12-7-9/h4,6-7H,1-3H3. The smallest absolute Gasteiger partial charge is 0.101 e. The zero-order chi connectivity index (χ0) is 9.19. The average molecular weight is 160 g/mol. The van der Waals surface area contributed by atoms with Gasteiger partial charge in [-0.2, -0.15) is 5.26 Å². The molecule has 0 fully saturated rings. The van der Waals surface area contributed by atoms with Crippen molar-refractivity contribution in [3.05, 3.63) is 29.6 Å². The molecular weight excluding hydrogens is 148 g/mol. The summed E-state index contributed by atoms with van der Waals surface area (Å²) in [6.07, 6.45) is 3.38. The van der Waals surface area contributed by atoms with E-state index in [2.05, 4.69) is 31.8 Å². The van der Waals surface area contributed by atoms with Crippen molar-refractivity contribution < 1.29 is 0 Å². The Morgan fingerprint density at radius 3 is 2.50 bits per heavy atom. The molecule has 1 heterocycles. The summed E-state index contributed by atoms with van der Waals surface area (Å²) in [7, 11) is 0. The quantitative estimate of drug-likeness (QED) is 0.583. The lowest BCUT2D eigenvalue weighted by Gasteiger charge is -2.17. The molecule has 0 saturated heterocycles. The van der Waals surface area contributed by atoms with Gasteiger partial charge in [-0.05, 0) is 17.0 Å². The Bertz CT molecular complexity index is 315. The van der Waals surface area contributed by atoms with Crippen LogP contribution < -0.4 is 0 Å². The first kappa shape index (κ1) is 8.73. The Kier molecular flexibility index (Phi) is 2.14. The van der Waals surface area contributed by atoms with Gasteiger partial charge in [0.05, 0.1) is 5.56 Å². The van der Waals surface area contributed by atoms with Crippen molar-refractivity contribution in [1.82, 2.24) is 4.98 Å². The topological polar surface area (TPSA) is 36.7 Å². The molecule has 0 aliphatic carbocycles. The third kappa shape index (κ3) is 1.82. The molecule has 0 unspecified atom stereocenters. The van der Waals surface area contributed by atoms with Gasteiger partial charge in [-0.25, -0.2) is 0 Å². The molecule has 2 nitrogen and oxygen atoms in total. The predicted molar refractivity (Wildman–Crippen MR) is 47.7 cm³/mol. The Hall–Kier alpha value is -1.36. The molecule has 0 atom stereocenters. The number of rotatable bonds is 0. The summed E-state index contributed by atoms with van der Waals surface area (Å²) in [5, 5.41) is 8.64. The molecule has 0 bridgehead atoms. The Morgan fingerprint density at radius 1 is 1.33 bits per heavy atom. The van der Waals surface area contributed by atoms with Gasteiger partial charge < -0.3 is 0 Å². The van der Waals surface area contributed by atoms with E-state index in [1.165, 1.54) is 0 Å². The molecule has 0 amide bonds. The molecule has 1 rings (SSSR count). The second-order valence-corrected chi connectivity index (χ2v) is 3.82. The number of hydrogen-bond acceptors (Lipinski definition) is 2. The molecule has 0 aliphatic heterocycles. The van der Waals surface area contributed by atoms with E-state index in [-0.39, 0.29) is 5.41 Å². The minimum atomic E-state index is 0.0693. The lowest BCUT2D eigenvalue weighted by Crippen LogP contribution is -2.11. The summed E-state index contributed by atoms with van der Waals surface area (Å²) >= 11 is 0. The van der Waals surface area contributed by atoms with Crippen molar-refractivity contribution in [3.63, 3.8) is 0 Å². The molecule has 0 aliphatic rings. The number of nitriles is 1. The Balaban J connectivity index is 3.13.